The van der Waals surface area contributed by atoms with Gasteiger partial charge in [0.15, 0.2) is 0 Å². The van der Waals surface area contributed by atoms with Crippen LogP contribution in [0.3, 0.4) is 0 Å². The highest BCUT2D eigenvalue weighted by atomic mass is 35.5. The molecule has 2 heteroatoms. The van der Waals surface area contributed by atoms with Gasteiger partial charge in [0, 0.05) is 22.1 Å². The largest absolute Gasteiger partial charge is 0.310 e. The summed E-state index contributed by atoms with van der Waals surface area (Å²) in [5, 5.41) is 0.767. The van der Waals surface area contributed by atoms with Crippen LogP contribution in [0.5, 0.6) is 0 Å². The molecule has 180 valence electrons. The third kappa shape index (κ3) is 4.65. The Bertz CT molecular complexity index is 1210. The number of halogens is 1. The first-order valence-electron chi connectivity index (χ1n) is 12.5. The van der Waals surface area contributed by atoms with Gasteiger partial charge in [-0.2, -0.15) is 0 Å². The van der Waals surface area contributed by atoms with E-state index in [9.17, 15) is 0 Å². The summed E-state index contributed by atoms with van der Waals surface area (Å²) in [4.78, 5) is 2.39. The summed E-state index contributed by atoms with van der Waals surface area (Å²) in [6.07, 6.45) is 2.42. The number of aryl methyl sites for hydroxylation is 2. The maximum absolute atomic E-state index is 6.57. The Morgan fingerprint density at radius 3 is 1.97 bits per heavy atom. The smallest absolute Gasteiger partial charge is 0.0490 e. The van der Waals surface area contributed by atoms with Crippen LogP contribution in [-0.4, -0.2) is 0 Å². The van der Waals surface area contributed by atoms with Crippen molar-refractivity contribution in [1.29, 1.82) is 0 Å². The van der Waals surface area contributed by atoms with Gasteiger partial charge in [0.25, 0.3) is 0 Å². The fourth-order valence-corrected chi connectivity index (χ4v) is 5.65. The summed E-state index contributed by atoms with van der Waals surface area (Å²) in [7, 11) is 0. The monoisotopic (exact) mass is 473 g/mol. The second-order valence-electron chi connectivity index (χ2n) is 12.6. The number of rotatable bonds is 3. The second kappa shape index (κ2) is 8.45. The number of fused-ring (bicyclic) bond motifs is 1. The van der Waals surface area contributed by atoms with E-state index in [1.54, 1.807) is 0 Å². The molecule has 0 saturated heterocycles. The van der Waals surface area contributed by atoms with Crippen LogP contribution in [0.15, 0.2) is 54.6 Å². The summed E-state index contributed by atoms with van der Waals surface area (Å²) < 4.78 is 0. The van der Waals surface area contributed by atoms with Crippen LogP contribution in [0, 0.1) is 13.8 Å². The van der Waals surface area contributed by atoms with Crippen LogP contribution in [0.1, 0.15) is 89.1 Å². The highest BCUT2D eigenvalue weighted by molar-refractivity contribution is 6.31. The van der Waals surface area contributed by atoms with Crippen molar-refractivity contribution in [2.75, 3.05) is 4.90 Å². The highest BCUT2D eigenvalue weighted by Crippen LogP contribution is 2.48. The van der Waals surface area contributed by atoms with Gasteiger partial charge in [-0.05, 0) is 107 Å². The SMILES string of the molecule is Cc1cc(Cl)cc(N(c2ccc3c(c2)C(C)(C)CCC3(C)C)c2ccc(C(C)(C)C)cc2C)c1. The lowest BCUT2D eigenvalue weighted by Crippen LogP contribution is -2.34. The van der Waals surface area contributed by atoms with Crippen LogP contribution in [0.2, 0.25) is 5.02 Å². The van der Waals surface area contributed by atoms with Crippen LogP contribution in [0.25, 0.3) is 0 Å². The highest BCUT2D eigenvalue weighted by Gasteiger charge is 2.37. The number of anilines is 3. The molecule has 3 aromatic carbocycles. The number of benzene rings is 3. The molecular weight excluding hydrogens is 434 g/mol. The second-order valence-corrected chi connectivity index (χ2v) is 13.0. The average molecular weight is 474 g/mol. The molecule has 0 bridgehead atoms. The molecule has 0 amide bonds. The lowest BCUT2D eigenvalue weighted by atomic mass is 9.63. The predicted octanol–water partition coefficient (Wildman–Crippen LogP) is 10.1. The van der Waals surface area contributed by atoms with Crippen molar-refractivity contribution < 1.29 is 0 Å². The van der Waals surface area contributed by atoms with Crippen molar-refractivity contribution in [3.8, 4) is 0 Å². The molecule has 0 unspecified atom stereocenters. The van der Waals surface area contributed by atoms with Crippen molar-refractivity contribution in [2.45, 2.75) is 91.4 Å². The molecule has 0 saturated carbocycles. The lowest BCUT2D eigenvalue weighted by Gasteiger charge is -2.42. The molecule has 0 aliphatic heterocycles. The molecule has 0 radical (unpaired) electrons. The summed E-state index contributed by atoms with van der Waals surface area (Å²) in [6.45, 7) is 20.7. The molecule has 0 N–H and O–H groups in total. The first-order chi connectivity index (χ1) is 15.7. The Hall–Kier alpha value is -2.25. The third-order valence-electron chi connectivity index (χ3n) is 7.68. The molecule has 4 rings (SSSR count). The van der Waals surface area contributed by atoms with Gasteiger partial charge >= 0.3 is 0 Å². The summed E-state index contributed by atoms with van der Waals surface area (Å²) in [5.41, 5.74) is 10.7. The molecule has 3 aromatic rings. The summed E-state index contributed by atoms with van der Waals surface area (Å²) >= 11 is 6.57. The Kier molecular flexibility index (Phi) is 6.18. The maximum atomic E-state index is 6.57. The van der Waals surface area contributed by atoms with Gasteiger partial charge in [0.1, 0.15) is 0 Å². The molecule has 1 aliphatic carbocycles. The van der Waals surface area contributed by atoms with Crippen molar-refractivity contribution in [3.05, 3.63) is 87.4 Å². The van der Waals surface area contributed by atoms with E-state index in [1.165, 1.54) is 46.5 Å². The molecular formula is C32H40ClN. The zero-order valence-electron chi connectivity index (χ0n) is 22.4. The summed E-state index contributed by atoms with van der Waals surface area (Å²) in [6, 6.07) is 20.3. The number of nitrogens with zero attached hydrogens (tertiary/aromatic N) is 1. The molecule has 0 atom stereocenters. The first-order valence-corrected chi connectivity index (χ1v) is 12.9. The van der Waals surface area contributed by atoms with E-state index < -0.39 is 0 Å². The van der Waals surface area contributed by atoms with Crippen molar-refractivity contribution in [3.63, 3.8) is 0 Å². The zero-order chi connectivity index (χ0) is 25.1. The lowest BCUT2D eigenvalue weighted by molar-refractivity contribution is 0.332. The molecule has 34 heavy (non-hydrogen) atoms. The molecule has 1 nitrogen and oxygen atoms in total. The van der Waals surface area contributed by atoms with Crippen LogP contribution >= 0.6 is 11.6 Å². The van der Waals surface area contributed by atoms with Gasteiger partial charge in [-0.3, -0.25) is 0 Å². The number of hydrogen-bond donors (Lipinski definition) is 0. The van der Waals surface area contributed by atoms with Gasteiger partial charge < -0.3 is 4.90 Å². The fourth-order valence-electron chi connectivity index (χ4n) is 5.36. The summed E-state index contributed by atoms with van der Waals surface area (Å²) in [5.74, 6) is 0. The molecule has 1 aliphatic rings. The van der Waals surface area contributed by atoms with Crippen molar-refractivity contribution in [2.24, 2.45) is 0 Å². The number of hydrogen-bond acceptors (Lipinski definition) is 1. The normalized spacial score (nSPS) is 16.8. The zero-order valence-corrected chi connectivity index (χ0v) is 23.2. The van der Waals surface area contributed by atoms with E-state index in [1.807, 2.05) is 6.07 Å². The van der Waals surface area contributed by atoms with E-state index in [0.29, 0.717) is 0 Å². The van der Waals surface area contributed by atoms with Crippen LogP contribution < -0.4 is 4.90 Å². The van der Waals surface area contributed by atoms with E-state index in [-0.39, 0.29) is 16.2 Å². The topological polar surface area (TPSA) is 3.24 Å². The van der Waals surface area contributed by atoms with Gasteiger partial charge in [0.05, 0.1) is 0 Å². The fraction of sp³-hybridized carbons (Fsp3) is 0.438. The quantitative estimate of drug-likeness (QED) is 0.365. The van der Waals surface area contributed by atoms with Gasteiger partial charge in [-0.1, -0.05) is 78.3 Å². The Morgan fingerprint density at radius 1 is 0.735 bits per heavy atom. The average Bonchev–Trinajstić information content (AvgIpc) is 2.71. The van der Waals surface area contributed by atoms with Crippen molar-refractivity contribution in [1.82, 2.24) is 0 Å². The van der Waals surface area contributed by atoms with E-state index in [2.05, 4.69) is 116 Å². The van der Waals surface area contributed by atoms with E-state index >= 15 is 0 Å². The molecule has 0 heterocycles. The molecule has 0 aromatic heterocycles. The van der Waals surface area contributed by atoms with Crippen molar-refractivity contribution >= 4 is 28.7 Å². The Balaban J connectivity index is 1.95. The van der Waals surface area contributed by atoms with Crippen LogP contribution in [0.4, 0.5) is 17.1 Å². The third-order valence-corrected chi connectivity index (χ3v) is 7.90. The van der Waals surface area contributed by atoms with Crippen LogP contribution in [-0.2, 0) is 16.2 Å². The Morgan fingerprint density at radius 2 is 1.38 bits per heavy atom. The Labute approximate surface area is 212 Å². The standard InChI is InChI=1S/C32H40ClN/c1-21-16-24(33)19-26(17-21)34(29-13-10-23(18-22(29)2)30(3,4)5)25-11-12-27-28(20-25)32(8,9)15-14-31(27,6)7/h10-13,16-20H,14-15H2,1-9H3. The van der Waals surface area contributed by atoms with E-state index in [0.717, 1.165) is 16.3 Å². The predicted molar refractivity (Wildman–Crippen MR) is 150 cm³/mol. The minimum Gasteiger partial charge on any atom is -0.310 e. The minimum atomic E-state index is 0.113. The first kappa shape index (κ1) is 24.9. The van der Waals surface area contributed by atoms with Gasteiger partial charge in [0.2, 0.25) is 0 Å². The molecule has 0 fully saturated rings. The maximum Gasteiger partial charge on any atom is 0.0490 e. The van der Waals surface area contributed by atoms with E-state index in [4.69, 9.17) is 11.6 Å². The van der Waals surface area contributed by atoms with Gasteiger partial charge in [-0.25, -0.2) is 0 Å². The molecule has 0 spiro atoms. The minimum absolute atomic E-state index is 0.113. The van der Waals surface area contributed by atoms with Gasteiger partial charge in [-0.15, -0.1) is 0 Å².